The summed E-state index contributed by atoms with van der Waals surface area (Å²) in [6.45, 7) is 10.6. The van der Waals surface area contributed by atoms with E-state index in [0.717, 1.165) is 13.1 Å². The van der Waals surface area contributed by atoms with E-state index in [2.05, 4.69) is 31.8 Å². The molecule has 1 aliphatic heterocycles. The van der Waals surface area contributed by atoms with Crippen molar-refractivity contribution in [1.29, 1.82) is 0 Å². The second-order valence-corrected chi connectivity index (χ2v) is 3.90. The first kappa shape index (κ1) is 9.53. The van der Waals surface area contributed by atoms with Gasteiger partial charge in [-0.25, -0.2) is 0 Å². The smallest absolute Gasteiger partial charge is 0.00406 e. The highest BCUT2D eigenvalue weighted by Gasteiger charge is 2.27. The van der Waals surface area contributed by atoms with Crippen molar-refractivity contribution >= 4 is 0 Å². The molecule has 1 heteroatoms. The molecule has 0 aromatic rings. The maximum atomic E-state index is 3.73. The zero-order valence-electron chi connectivity index (χ0n) is 8.19. The van der Waals surface area contributed by atoms with Crippen LogP contribution in [0.5, 0.6) is 0 Å². The highest BCUT2D eigenvalue weighted by molar-refractivity contribution is 5.17. The molecule has 12 heavy (non-hydrogen) atoms. The molecular weight excluding hydrogens is 146 g/mol. The zero-order chi connectivity index (χ0) is 9.03. The lowest BCUT2D eigenvalue weighted by atomic mass is 9.75. The molecule has 1 fully saturated rings. The summed E-state index contributed by atoms with van der Waals surface area (Å²) in [4.78, 5) is 0. The van der Waals surface area contributed by atoms with Gasteiger partial charge in [0, 0.05) is 0 Å². The predicted molar refractivity (Wildman–Crippen MR) is 54.2 cm³/mol. The number of nitrogens with one attached hydrogen (secondary N) is 1. The van der Waals surface area contributed by atoms with Gasteiger partial charge in [0.2, 0.25) is 0 Å². The first-order valence-corrected chi connectivity index (χ1v) is 4.69. The maximum absolute atomic E-state index is 3.73. The minimum absolute atomic E-state index is 0.416. The van der Waals surface area contributed by atoms with Crippen LogP contribution in [-0.2, 0) is 0 Å². The van der Waals surface area contributed by atoms with E-state index in [9.17, 15) is 0 Å². The third-order valence-electron chi connectivity index (χ3n) is 3.03. The Bertz CT molecular complexity index is 185. The Labute approximate surface area is 75.6 Å². The predicted octanol–water partition coefficient (Wildman–Crippen LogP) is 2.51. The molecule has 0 aromatic carbocycles. The highest BCUT2D eigenvalue weighted by atomic mass is 14.9. The summed E-state index contributed by atoms with van der Waals surface area (Å²) in [5.41, 5.74) is 1.89. The number of piperidine rings is 1. The summed E-state index contributed by atoms with van der Waals surface area (Å²) in [7, 11) is 0. The molecule has 0 aromatic heterocycles. The molecule has 68 valence electrons. The van der Waals surface area contributed by atoms with E-state index in [1.54, 1.807) is 0 Å². The number of allylic oxidation sites excluding steroid dienone is 3. The number of hydrogen-bond acceptors (Lipinski definition) is 1. The molecule has 1 nitrogen and oxygen atoms in total. The van der Waals surface area contributed by atoms with Gasteiger partial charge >= 0.3 is 0 Å². The van der Waals surface area contributed by atoms with Crippen LogP contribution in [0.25, 0.3) is 0 Å². The molecule has 1 aliphatic rings. The third-order valence-corrected chi connectivity index (χ3v) is 3.03. The van der Waals surface area contributed by atoms with Crippen molar-refractivity contribution in [2.45, 2.75) is 26.7 Å². The van der Waals surface area contributed by atoms with E-state index in [-0.39, 0.29) is 0 Å². The Hall–Kier alpha value is -0.560. The van der Waals surface area contributed by atoms with Crippen LogP contribution >= 0.6 is 0 Å². The fraction of sp³-hybridized carbons (Fsp3) is 0.636. The summed E-state index contributed by atoms with van der Waals surface area (Å²) in [6, 6.07) is 0. The average molecular weight is 165 g/mol. The van der Waals surface area contributed by atoms with Crippen molar-refractivity contribution in [2.75, 3.05) is 13.1 Å². The largest absolute Gasteiger partial charge is 0.317 e. The van der Waals surface area contributed by atoms with E-state index in [4.69, 9.17) is 0 Å². The first-order chi connectivity index (χ1) is 5.69. The Kier molecular flexibility index (Phi) is 3.10. The third kappa shape index (κ3) is 1.98. The molecule has 1 saturated heterocycles. The molecule has 0 saturated carbocycles. The van der Waals surface area contributed by atoms with Crippen LogP contribution in [0.1, 0.15) is 26.7 Å². The summed E-state index contributed by atoms with van der Waals surface area (Å²) < 4.78 is 0. The minimum atomic E-state index is 0.416. The minimum Gasteiger partial charge on any atom is -0.317 e. The van der Waals surface area contributed by atoms with E-state index in [0.29, 0.717) is 5.41 Å². The van der Waals surface area contributed by atoms with Gasteiger partial charge in [0.05, 0.1) is 0 Å². The normalized spacial score (nSPS) is 23.7. The molecule has 0 aliphatic carbocycles. The quantitative estimate of drug-likeness (QED) is 0.620. The van der Waals surface area contributed by atoms with E-state index >= 15 is 0 Å². The van der Waals surface area contributed by atoms with Crippen LogP contribution in [-0.4, -0.2) is 13.1 Å². The zero-order valence-corrected chi connectivity index (χ0v) is 8.19. The Morgan fingerprint density at radius 3 is 2.50 bits per heavy atom. The lowest BCUT2D eigenvalue weighted by molar-refractivity contribution is 0.282. The molecule has 1 rings (SSSR count). The van der Waals surface area contributed by atoms with Crippen LogP contribution in [0, 0.1) is 5.41 Å². The van der Waals surface area contributed by atoms with Gasteiger partial charge in [-0.15, -0.1) is 0 Å². The standard InChI is InChI=1S/C11H19N/c1-4-5-10(2)11(3)6-8-12-9-7-11/h4-5,12H,1,6-9H2,2-3H3. The Morgan fingerprint density at radius 2 is 2.00 bits per heavy atom. The lowest BCUT2D eigenvalue weighted by Gasteiger charge is -2.35. The monoisotopic (exact) mass is 165 g/mol. The van der Waals surface area contributed by atoms with Crippen molar-refractivity contribution in [3.05, 3.63) is 24.3 Å². The maximum Gasteiger partial charge on any atom is -0.00406 e. The van der Waals surface area contributed by atoms with Gasteiger partial charge in [-0.05, 0) is 38.3 Å². The molecule has 1 N–H and O–H groups in total. The lowest BCUT2D eigenvalue weighted by Crippen LogP contribution is -2.35. The Balaban J connectivity index is 2.68. The topological polar surface area (TPSA) is 12.0 Å². The fourth-order valence-corrected chi connectivity index (χ4v) is 1.75. The second-order valence-electron chi connectivity index (χ2n) is 3.90. The van der Waals surface area contributed by atoms with Gasteiger partial charge < -0.3 is 5.32 Å². The van der Waals surface area contributed by atoms with E-state index in [1.807, 2.05) is 6.08 Å². The first-order valence-electron chi connectivity index (χ1n) is 4.69. The van der Waals surface area contributed by atoms with Gasteiger partial charge in [0.15, 0.2) is 0 Å². The summed E-state index contributed by atoms with van der Waals surface area (Å²) in [5, 5.41) is 3.38. The van der Waals surface area contributed by atoms with Crippen LogP contribution in [0.3, 0.4) is 0 Å². The van der Waals surface area contributed by atoms with Gasteiger partial charge in [-0.3, -0.25) is 0 Å². The van der Waals surface area contributed by atoms with Gasteiger partial charge in [-0.2, -0.15) is 0 Å². The van der Waals surface area contributed by atoms with E-state index in [1.165, 1.54) is 18.4 Å². The summed E-state index contributed by atoms with van der Waals surface area (Å²) >= 11 is 0. The van der Waals surface area contributed by atoms with Crippen molar-refractivity contribution in [3.63, 3.8) is 0 Å². The van der Waals surface area contributed by atoms with Crippen LogP contribution < -0.4 is 5.32 Å². The molecular formula is C11H19N. The van der Waals surface area contributed by atoms with E-state index < -0.39 is 0 Å². The molecule has 0 atom stereocenters. The molecule has 0 spiro atoms. The number of hydrogen-bond donors (Lipinski definition) is 1. The van der Waals surface area contributed by atoms with Gasteiger partial charge in [0.25, 0.3) is 0 Å². The Morgan fingerprint density at radius 1 is 1.42 bits per heavy atom. The summed E-state index contributed by atoms with van der Waals surface area (Å²) in [5.74, 6) is 0. The van der Waals surface area contributed by atoms with Crippen molar-refractivity contribution in [2.24, 2.45) is 5.41 Å². The van der Waals surface area contributed by atoms with Crippen LogP contribution in [0.15, 0.2) is 24.3 Å². The molecule has 0 amide bonds. The van der Waals surface area contributed by atoms with Crippen LogP contribution in [0.4, 0.5) is 0 Å². The summed E-state index contributed by atoms with van der Waals surface area (Å²) in [6.07, 6.45) is 6.54. The molecule has 0 radical (unpaired) electrons. The SMILES string of the molecule is C=CC=C(C)C1(C)CCNCC1. The number of rotatable bonds is 2. The van der Waals surface area contributed by atoms with Gasteiger partial charge in [-0.1, -0.05) is 31.2 Å². The van der Waals surface area contributed by atoms with Crippen molar-refractivity contribution in [3.8, 4) is 0 Å². The van der Waals surface area contributed by atoms with Gasteiger partial charge in [0.1, 0.15) is 0 Å². The van der Waals surface area contributed by atoms with Crippen molar-refractivity contribution in [1.82, 2.24) is 5.32 Å². The highest BCUT2D eigenvalue weighted by Crippen LogP contribution is 2.35. The van der Waals surface area contributed by atoms with Crippen LogP contribution in [0.2, 0.25) is 0 Å². The molecule has 1 heterocycles. The van der Waals surface area contributed by atoms with Crippen molar-refractivity contribution < 1.29 is 0 Å². The molecule has 0 unspecified atom stereocenters. The molecule has 0 bridgehead atoms. The fourth-order valence-electron chi connectivity index (χ4n) is 1.75. The average Bonchev–Trinajstić information content (AvgIpc) is 2.06. The second kappa shape index (κ2) is 3.90.